The molecule has 0 spiro atoms. The lowest BCUT2D eigenvalue weighted by molar-refractivity contribution is -0.124. The Morgan fingerprint density at radius 1 is 1.37 bits per heavy atom. The lowest BCUT2D eigenvalue weighted by Gasteiger charge is -2.12. The first kappa shape index (κ1) is 15.7. The lowest BCUT2D eigenvalue weighted by atomic mass is 10.0. The fourth-order valence-electron chi connectivity index (χ4n) is 1.98. The third-order valence-electron chi connectivity index (χ3n) is 3.36. The zero-order chi connectivity index (χ0) is 14.4. The van der Waals surface area contributed by atoms with Gasteiger partial charge < -0.3 is 15.6 Å². The molecule has 1 heterocycles. The lowest BCUT2D eigenvalue weighted by Crippen LogP contribution is -2.29. The molecule has 0 saturated heterocycles. The number of rotatable bonds is 7. The molecule has 0 aliphatic carbocycles. The molecule has 1 aromatic rings. The summed E-state index contributed by atoms with van der Waals surface area (Å²) in [5, 5.41) is 6.80. The Labute approximate surface area is 114 Å². The molecular formula is C14H25N3O2. The average Bonchev–Trinajstić information content (AvgIpc) is 2.65. The molecule has 0 aromatic carbocycles. The maximum absolute atomic E-state index is 11.9. The number of aromatic nitrogens is 1. The molecule has 0 radical (unpaired) electrons. The molecule has 1 rings (SSSR count). The van der Waals surface area contributed by atoms with Crippen molar-refractivity contribution in [3.63, 3.8) is 0 Å². The van der Waals surface area contributed by atoms with Crippen LogP contribution in [-0.2, 0) is 11.3 Å². The smallest absolute Gasteiger partial charge is 0.223 e. The first-order valence-corrected chi connectivity index (χ1v) is 6.86. The normalized spacial score (nSPS) is 14.2. The summed E-state index contributed by atoms with van der Waals surface area (Å²) in [6.45, 7) is 8.15. The Balaban J connectivity index is 2.34. The van der Waals surface area contributed by atoms with E-state index in [0.717, 1.165) is 36.3 Å². The number of nitrogens with zero attached hydrogens (tertiary/aromatic N) is 1. The number of nitrogens with one attached hydrogen (secondary N) is 1. The molecule has 0 bridgehead atoms. The van der Waals surface area contributed by atoms with Gasteiger partial charge in [-0.05, 0) is 33.6 Å². The predicted molar refractivity (Wildman–Crippen MR) is 74.5 cm³/mol. The highest BCUT2D eigenvalue weighted by Crippen LogP contribution is 2.13. The molecule has 108 valence electrons. The zero-order valence-corrected chi connectivity index (χ0v) is 12.3. The maximum Gasteiger partial charge on any atom is 0.223 e. The third kappa shape index (κ3) is 5.03. The van der Waals surface area contributed by atoms with Crippen LogP contribution in [0.4, 0.5) is 0 Å². The molecule has 2 unspecified atom stereocenters. The van der Waals surface area contributed by atoms with Gasteiger partial charge in [-0.3, -0.25) is 4.79 Å². The van der Waals surface area contributed by atoms with Crippen LogP contribution in [0.3, 0.4) is 0 Å². The van der Waals surface area contributed by atoms with Gasteiger partial charge in [0.25, 0.3) is 0 Å². The molecule has 3 N–H and O–H groups in total. The van der Waals surface area contributed by atoms with Crippen molar-refractivity contribution in [1.29, 1.82) is 0 Å². The van der Waals surface area contributed by atoms with E-state index < -0.39 is 0 Å². The second kappa shape index (κ2) is 7.28. The summed E-state index contributed by atoms with van der Waals surface area (Å²) in [6, 6.07) is 0.206. The van der Waals surface area contributed by atoms with Gasteiger partial charge in [-0.15, -0.1) is 0 Å². The van der Waals surface area contributed by atoms with Gasteiger partial charge in [0.2, 0.25) is 5.91 Å². The van der Waals surface area contributed by atoms with Gasteiger partial charge in [-0.2, -0.15) is 0 Å². The van der Waals surface area contributed by atoms with E-state index in [4.69, 9.17) is 10.3 Å². The molecular weight excluding hydrogens is 242 g/mol. The van der Waals surface area contributed by atoms with Gasteiger partial charge in [-0.1, -0.05) is 18.5 Å². The summed E-state index contributed by atoms with van der Waals surface area (Å²) in [5.74, 6) is 0.853. The van der Waals surface area contributed by atoms with Crippen LogP contribution in [0.25, 0.3) is 0 Å². The SMILES string of the molecule is Cc1noc(C)c1CNC(=O)C(C)CCCC(C)N. The van der Waals surface area contributed by atoms with E-state index in [1.54, 1.807) is 0 Å². The third-order valence-corrected chi connectivity index (χ3v) is 3.36. The maximum atomic E-state index is 11.9. The topological polar surface area (TPSA) is 81.2 Å². The Hall–Kier alpha value is -1.36. The van der Waals surface area contributed by atoms with Crippen LogP contribution in [0.15, 0.2) is 4.52 Å². The molecule has 5 nitrogen and oxygen atoms in total. The largest absolute Gasteiger partial charge is 0.361 e. The van der Waals surface area contributed by atoms with Crippen molar-refractivity contribution in [3.05, 3.63) is 17.0 Å². The standard InChI is InChI=1S/C14H25N3O2/c1-9(6-5-7-10(2)15)14(18)16-8-13-11(3)17-19-12(13)4/h9-10H,5-8,15H2,1-4H3,(H,16,18). The van der Waals surface area contributed by atoms with Crippen LogP contribution < -0.4 is 11.1 Å². The minimum atomic E-state index is 0.0132. The van der Waals surface area contributed by atoms with E-state index in [2.05, 4.69) is 10.5 Å². The summed E-state index contributed by atoms with van der Waals surface area (Å²) < 4.78 is 5.06. The monoisotopic (exact) mass is 267 g/mol. The zero-order valence-electron chi connectivity index (χ0n) is 12.3. The fraction of sp³-hybridized carbons (Fsp3) is 0.714. The summed E-state index contributed by atoms with van der Waals surface area (Å²) >= 11 is 0. The van der Waals surface area contributed by atoms with Crippen LogP contribution in [0.2, 0.25) is 0 Å². The minimum Gasteiger partial charge on any atom is -0.361 e. The van der Waals surface area contributed by atoms with Gasteiger partial charge in [0.15, 0.2) is 0 Å². The van der Waals surface area contributed by atoms with Crippen molar-refractivity contribution in [3.8, 4) is 0 Å². The molecule has 1 aromatic heterocycles. The Morgan fingerprint density at radius 2 is 2.05 bits per heavy atom. The number of carbonyl (C=O) groups excluding carboxylic acids is 1. The molecule has 0 aliphatic heterocycles. The minimum absolute atomic E-state index is 0.0132. The van der Waals surface area contributed by atoms with Gasteiger partial charge in [0.05, 0.1) is 5.69 Å². The van der Waals surface area contributed by atoms with Crippen molar-refractivity contribution >= 4 is 5.91 Å². The predicted octanol–water partition coefficient (Wildman–Crippen LogP) is 2.06. The van der Waals surface area contributed by atoms with Crippen LogP contribution in [-0.4, -0.2) is 17.1 Å². The number of hydrogen-bond donors (Lipinski definition) is 2. The number of aryl methyl sites for hydroxylation is 2. The molecule has 19 heavy (non-hydrogen) atoms. The van der Waals surface area contributed by atoms with Crippen molar-refractivity contribution in [2.45, 2.75) is 59.5 Å². The quantitative estimate of drug-likeness (QED) is 0.792. The fourth-order valence-corrected chi connectivity index (χ4v) is 1.98. The first-order valence-electron chi connectivity index (χ1n) is 6.86. The average molecular weight is 267 g/mol. The van der Waals surface area contributed by atoms with Crippen LogP contribution in [0.5, 0.6) is 0 Å². The van der Waals surface area contributed by atoms with Crippen molar-refractivity contribution in [1.82, 2.24) is 10.5 Å². The highest BCUT2D eigenvalue weighted by Gasteiger charge is 2.15. The van der Waals surface area contributed by atoms with Crippen molar-refractivity contribution < 1.29 is 9.32 Å². The second-order valence-electron chi connectivity index (χ2n) is 5.33. The highest BCUT2D eigenvalue weighted by atomic mass is 16.5. The molecule has 0 saturated carbocycles. The summed E-state index contributed by atoms with van der Waals surface area (Å²) in [7, 11) is 0. The van der Waals surface area contributed by atoms with Crippen molar-refractivity contribution in [2.75, 3.05) is 0 Å². The number of amides is 1. The Bertz CT molecular complexity index is 393. The molecule has 2 atom stereocenters. The summed E-state index contributed by atoms with van der Waals surface area (Å²) in [4.78, 5) is 11.9. The molecule has 0 aliphatic rings. The van der Waals surface area contributed by atoms with Gasteiger partial charge in [-0.25, -0.2) is 0 Å². The first-order chi connectivity index (χ1) is 8.91. The van der Waals surface area contributed by atoms with E-state index in [9.17, 15) is 4.79 Å². The Morgan fingerprint density at radius 3 is 2.58 bits per heavy atom. The summed E-state index contributed by atoms with van der Waals surface area (Å²) in [5.41, 5.74) is 7.50. The van der Waals surface area contributed by atoms with E-state index in [-0.39, 0.29) is 17.9 Å². The number of nitrogens with two attached hydrogens (primary N) is 1. The van der Waals surface area contributed by atoms with Gasteiger partial charge in [0.1, 0.15) is 5.76 Å². The van der Waals surface area contributed by atoms with Crippen LogP contribution >= 0.6 is 0 Å². The second-order valence-corrected chi connectivity index (χ2v) is 5.33. The highest BCUT2D eigenvalue weighted by molar-refractivity contribution is 5.78. The van der Waals surface area contributed by atoms with E-state index in [1.165, 1.54) is 0 Å². The van der Waals surface area contributed by atoms with Crippen molar-refractivity contribution in [2.24, 2.45) is 11.7 Å². The van der Waals surface area contributed by atoms with E-state index in [1.807, 2.05) is 27.7 Å². The van der Waals surface area contributed by atoms with Gasteiger partial charge >= 0.3 is 0 Å². The molecule has 5 heteroatoms. The molecule has 0 fully saturated rings. The van der Waals surface area contributed by atoms with E-state index >= 15 is 0 Å². The van der Waals surface area contributed by atoms with Gasteiger partial charge in [0, 0.05) is 24.1 Å². The number of hydrogen-bond acceptors (Lipinski definition) is 4. The van der Waals surface area contributed by atoms with Crippen LogP contribution in [0.1, 0.15) is 50.1 Å². The number of carbonyl (C=O) groups is 1. The summed E-state index contributed by atoms with van der Waals surface area (Å²) in [6.07, 6.45) is 2.81. The Kier molecular flexibility index (Phi) is 6.02. The van der Waals surface area contributed by atoms with E-state index in [0.29, 0.717) is 6.54 Å². The molecule has 1 amide bonds. The van der Waals surface area contributed by atoms with Crippen LogP contribution in [0, 0.1) is 19.8 Å².